The van der Waals surface area contributed by atoms with Crippen LogP contribution in [0.5, 0.6) is 0 Å². The number of carbonyl (C=O) groups is 1. The third-order valence-corrected chi connectivity index (χ3v) is 2.23. The minimum absolute atomic E-state index is 0.0331. The van der Waals surface area contributed by atoms with E-state index in [1.807, 2.05) is 0 Å². The van der Waals surface area contributed by atoms with Gasteiger partial charge in [-0.1, -0.05) is 18.6 Å². The lowest BCUT2D eigenvalue weighted by Crippen LogP contribution is -2.14. The number of rotatable bonds is 3. The zero-order valence-electron chi connectivity index (χ0n) is 7.84. The molecule has 0 aromatic rings. The molecular weight excluding hydrogens is 164 g/mol. The van der Waals surface area contributed by atoms with Crippen LogP contribution in [0.25, 0.3) is 0 Å². The minimum Gasteiger partial charge on any atom is -0.296 e. The van der Waals surface area contributed by atoms with E-state index in [2.05, 4.69) is 18.0 Å². The van der Waals surface area contributed by atoms with Crippen molar-refractivity contribution in [2.24, 2.45) is 4.99 Å². The van der Waals surface area contributed by atoms with Gasteiger partial charge in [0.2, 0.25) is 0 Å². The Morgan fingerprint density at radius 1 is 1.69 bits per heavy atom. The molecule has 1 heterocycles. The Balaban J connectivity index is 2.62. The van der Waals surface area contributed by atoms with Crippen LogP contribution in [0.1, 0.15) is 26.2 Å². The number of aldehydes is 1. The third kappa shape index (κ3) is 2.61. The normalized spacial score (nSPS) is 17.0. The van der Waals surface area contributed by atoms with Crippen LogP contribution >= 0.6 is 0 Å². The first kappa shape index (κ1) is 9.84. The second-order valence-corrected chi connectivity index (χ2v) is 3.03. The summed E-state index contributed by atoms with van der Waals surface area (Å²) in [6.07, 6.45) is 5.36. The summed E-state index contributed by atoms with van der Waals surface area (Å²) in [5.74, 6) is 0. The summed E-state index contributed by atoms with van der Waals surface area (Å²) in [6.45, 7) is 2.73. The standard InChI is InChI=1S/C10H14N2O/c1-2-8-3-4-10(9(11)7-13)12-6-5-8/h5,7,11H,2-4,6H2,1H3. The van der Waals surface area contributed by atoms with E-state index in [9.17, 15) is 4.79 Å². The predicted octanol–water partition coefficient (Wildman–Crippen LogP) is 1.78. The van der Waals surface area contributed by atoms with E-state index >= 15 is 0 Å². The van der Waals surface area contributed by atoms with E-state index in [1.165, 1.54) is 5.57 Å². The zero-order chi connectivity index (χ0) is 9.68. The molecule has 0 aliphatic carbocycles. The van der Waals surface area contributed by atoms with Crippen LogP contribution in [-0.4, -0.2) is 24.3 Å². The molecule has 13 heavy (non-hydrogen) atoms. The second-order valence-electron chi connectivity index (χ2n) is 3.03. The van der Waals surface area contributed by atoms with Crippen LogP contribution in [0.2, 0.25) is 0 Å². The Bertz CT molecular complexity index is 277. The molecule has 70 valence electrons. The van der Waals surface area contributed by atoms with E-state index in [0.717, 1.165) is 19.3 Å². The molecule has 1 aliphatic heterocycles. The quantitative estimate of drug-likeness (QED) is 0.399. The van der Waals surface area contributed by atoms with Gasteiger partial charge in [-0.25, -0.2) is 0 Å². The predicted molar refractivity (Wildman–Crippen MR) is 53.7 cm³/mol. The van der Waals surface area contributed by atoms with Gasteiger partial charge in [0.25, 0.3) is 0 Å². The molecule has 0 radical (unpaired) electrons. The summed E-state index contributed by atoms with van der Waals surface area (Å²) in [6, 6.07) is 0. The van der Waals surface area contributed by atoms with Gasteiger partial charge in [0, 0.05) is 0 Å². The summed E-state index contributed by atoms with van der Waals surface area (Å²) < 4.78 is 0. The van der Waals surface area contributed by atoms with Gasteiger partial charge in [0.05, 0.1) is 12.3 Å². The molecule has 1 rings (SSSR count). The first-order valence-electron chi connectivity index (χ1n) is 4.53. The smallest absolute Gasteiger partial charge is 0.169 e. The van der Waals surface area contributed by atoms with Crippen molar-refractivity contribution in [2.45, 2.75) is 26.2 Å². The highest BCUT2D eigenvalue weighted by Crippen LogP contribution is 2.13. The van der Waals surface area contributed by atoms with E-state index in [-0.39, 0.29) is 5.71 Å². The Morgan fingerprint density at radius 3 is 3.08 bits per heavy atom. The van der Waals surface area contributed by atoms with E-state index < -0.39 is 0 Å². The Morgan fingerprint density at radius 2 is 2.46 bits per heavy atom. The Hall–Kier alpha value is -1.25. The lowest BCUT2D eigenvalue weighted by Gasteiger charge is -2.01. The van der Waals surface area contributed by atoms with Crippen molar-refractivity contribution in [1.82, 2.24) is 0 Å². The molecule has 0 spiro atoms. The van der Waals surface area contributed by atoms with Crippen molar-refractivity contribution in [3.8, 4) is 0 Å². The molecule has 0 atom stereocenters. The average Bonchev–Trinajstić information content (AvgIpc) is 2.41. The fourth-order valence-electron chi connectivity index (χ4n) is 1.35. The highest BCUT2D eigenvalue weighted by Gasteiger charge is 2.09. The van der Waals surface area contributed by atoms with Crippen LogP contribution in [-0.2, 0) is 4.79 Å². The summed E-state index contributed by atoms with van der Waals surface area (Å²) in [7, 11) is 0. The topological polar surface area (TPSA) is 53.3 Å². The molecule has 0 saturated heterocycles. The first-order chi connectivity index (χ1) is 6.27. The molecule has 1 N–H and O–H groups in total. The first-order valence-corrected chi connectivity index (χ1v) is 4.53. The number of nitrogens with zero attached hydrogens (tertiary/aromatic N) is 1. The van der Waals surface area contributed by atoms with Gasteiger partial charge in [-0.05, 0) is 19.3 Å². The largest absolute Gasteiger partial charge is 0.296 e. The highest BCUT2D eigenvalue weighted by molar-refractivity contribution is 6.60. The fourth-order valence-corrected chi connectivity index (χ4v) is 1.35. The summed E-state index contributed by atoms with van der Waals surface area (Å²) >= 11 is 0. The molecule has 1 aliphatic rings. The van der Waals surface area contributed by atoms with E-state index in [0.29, 0.717) is 18.5 Å². The number of hydrogen-bond donors (Lipinski definition) is 1. The second kappa shape index (κ2) is 4.70. The van der Waals surface area contributed by atoms with E-state index in [4.69, 9.17) is 5.41 Å². The maximum absolute atomic E-state index is 10.3. The average molecular weight is 178 g/mol. The van der Waals surface area contributed by atoms with E-state index in [1.54, 1.807) is 0 Å². The van der Waals surface area contributed by atoms with Gasteiger partial charge in [0.1, 0.15) is 5.71 Å². The Kier molecular flexibility index (Phi) is 3.55. The molecule has 0 fully saturated rings. The molecule has 0 aromatic heterocycles. The minimum atomic E-state index is 0.0331. The van der Waals surface area contributed by atoms with Crippen molar-refractivity contribution in [3.05, 3.63) is 11.6 Å². The number of carbonyl (C=O) groups excluding carboxylic acids is 1. The van der Waals surface area contributed by atoms with Gasteiger partial charge in [-0.3, -0.25) is 15.2 Å². The summed E-state index contributed by atoms with van der Waals surface area (Å²) in [5, 5.41) is 7.33. The molecule has 3 heteroatoms. The van der Waals surface area contributed by atoms with Crippen molar-refractivity contribution in [2.75, 3.05) is 6.54 Å². The maximum Gasteiger partial charge on any atom is 0.169 e. The summed E-state index contributed by atoms with van der Waals surface area (Å²) in [4.78, 5) is 14.5. The van der Waals surface area contributed by atoms with Crippen molar-refractivity contribution >= 4 is 17.7 Å². The van der Waals surface area contributed by atoms with Crippen molar-refractivity contribution in [3.63, 3.8) is 0 Å². The number of aliphatic imine (C=N–C) groups is 1. The lowest BCUT2D eigenvalue weighted by atomic mass is 10.0. The molecule has 0 aromatic carbocycles. The van der Waals surface area contributed by atoms with Gasteiger partial charge in [-0.15, -0.1) is 0 Å². The van der Waals surface area contributed by atoms with Gasteiger partial charge >= 0.3 is 0 Å². The molecule has 0 amide bonds. The van der Waals surface area contributed by atoms with Crippen molar-refractivity contribution in [1.29, 1.82) is 5.41 Å². The molecule has 0 unspecified atom stereocenters. The third-order valence-electron chi connectivity index (χ3n) is 2.23. The molecule has 3 nitrogen and oxygen atoms in total. The summed E-state index contributed by atoms with van der Waals surface area (Å²) in [5.41, 5.74) is 2.05. The monoisotopic (exact) mass is 178 g/mol. The Labute approximate surface area is 78.1 Å². The van der Waals surface area contributed by atoms with Crippen molar-refractivity contribution < 1.29 is 4.79 Å². The zero-order valence-corrected chi connectivity index (χ0v) is 7.84. The molecule has 0 saturated carbocycles. The van der Waals surface area contributed by atoms with Gasteiger partial charge < -0.3 is 0 Å². The number of hydrogen-bond acceptors (Lipinski definition) is 3. The van der Waals surface area contributed by atoms with Crippen LogP contribution in [0.4, 0.5) is 0 Å². The van der Waals surface area contributed by atoms with Crippen LogP contribution < -0.4 is 0 Å². The van der Waals surface area contributed by atoms with Gasteiger partial charge in [0.15, 0.2) is 6.29 Å². The fraction of sp³-hybridized carbons (Fsp3) is 0.500. The number of nitrogens with one attached hydrogen (secondary N) is 1. The van der Waals surface area contributed by atoms with Crippen LogP contribution in [0.15, 0.2) is 16.6 Å². The maximum atomic E-state index is 10.3. The molecule has 0 bridgehead atoms. The van der Waals surface area contributed by atoms with Crippen LogP contribution in [0.3, 0.4) is 0 Å². The lowest BCUT2D eigenvalue weighted by molar-refractivity contribution is -0.102. The molecular formula is C10H14N2O. The highest BCUT2D eigenvalue weighted by atomic mass is 16.1. The SMILES string of the molecule is CCC1=CCN=C(C(=N)C=O)CC1. The van der Waals surface area contributed by atoms with Gasteiger partial charge in [-0.2, -0.15) is 0 Å². The number of allylic oxidation sites excluding steroid dienone is 1. The van der Waals surface area contributed by atoms with Crippen LogP contribution in [0, 0.1) is 5.41 Å².